The number of thiazole rings is 1. The van der Waals surface area contributed by atoms with Crippen LogP contribution in [0.2, 0.25) is 0 Å². The van der Waals surface area contributed by atoms with E-state index >= 15 is 0 Å². The van der Waals surface area contributed by atoms with Gasteiger partial charge in [-0.1, -0.05) is 12.1 Å². The minimum Gasteiger partial charge on any atom is -0.334 e. The number of nitrogens with zero attached hydrogens (tertiary/aromatic N) is 4. The van der Waals surface area contributed by atoms with Gasteiger partial charge in [-0.05, 0) is 29.8 Å². The lowest BCUT2D eigenvalue weighted by molar-refractivity contribution is 0.240. The molecule has 0 unspecified atom stereocenters. The molecular weight excluding hydrogens is 348 g/mol. The number of nitrogens with one attached hydrogen (secondary N) is 2. The highest BCUT2D eigenvalue weighted by Crippen LogP contribution is 2.21. The normalized spacial score (nSPS) is 10.8. The Morgan fingerprint density at radius 1 is 1.12 bits per heavy atom. The number of benzene rings is 1. The number of pyridine rings is 1. The third-order valence-corrected chi connectivity index (χ3v) is 4.81. The molecule has 2 amide bonds. The van der Waals surface area contributed by atoms with Crippen molar-refractivity contribution < 1.29 is 4.79 Å². The molecule has 130 valence electrons. The number of carbonyl (C=O) groups is 1. The number of imidazole rings is 1. The van der Waals surface area contributed by atoms with Gasteiger partial charge in [0.25, 0.3) is 0 Å². The van der Waals surface area contributed by atoms with Crippen molar-refractivity contribution in [1.82, 2.24) is 30.2 Å². The van der Waals surface area contributed by atoms with Gasteiger partial charge in [0.15, 0.2) is 0 Å². The van der Waals surface area contributed by atoms with E-state index in [2.05, 4.69) is 25.6 Å². The van der Waals surface area contributed by atoms with Gasteiger partial charge in [-0.3, -0.25) is 4.57 Å². The van der Waals surface area contributed by atoms with E-state index in [1.807, 2.05) is 47.2 Å². The second-order valence-electron chi connectivity index (χ2n) is 5.60. The zero-order valence-corrected chi connectivity index (χ0v) is 14.6. The molecule has 7 nitrogen and oxygen atoms in total. The van der Waals surface area contributed by atoms with E-state index in [4.69, 9.17) is 0 Å². The van der Waals surface area contributed by atoms with E-state index in [1.165, 1.54) is 0 Å². The van der Waals surface area contributed by atoms with Gasteiger partial charge in [-0.15, -0.1) is 11.3 Å². The van der Waals surface area contributed by atoms with Gasteiger partial charge in [0, 0.05) is 25.1 Å². The molecule has 2 N–H and O–H groups in total. The number of rotatable bonds is 5. The second-order valence-corrected chi connectivity index (χ2v) is 6.72. The summed E-state index contributed by atoms with van der Waals surface area (Å²) in [6, 6.07) is 11.5. The first-order valence-corrected chi connectivity index (χ1v) is 8.89. The van der Waals surface area contributed by atoms with Crippen LogP contribution >= 0.6 is 11.3 Å². The van der Waals surface area contributed by atoms with Crippen molar-refractivity contribution in [2.24, 2.45) is 0 Å². The fourth-order valence-corrected chi connectivity index (χ4v) is 3.41. The average Bonchev–Trinajstić information content (AvgIpc) is 3.34. The molecule has 8 heteroatoms. The standard InChI is InChI=1S/C18H16N6OS/c25-18(22-11-17-23-14-3-1-2-4-15(14)26-17)21-10-13-5-6-20-16(9-13)24-8-7-19-12-24/h1-9,12H,10-11H2,(H2,21,22,25). The lowest BCUT2D eigenvalue weighted by atomic mass is 10.2. The summed E-state index contributed by atoms with van der Waals surface area (Å²) in [6.45, 7) is 0.817. The largest absolute Gasteiger partial charge is 0.334 e. The molecule has 0 saturated carbocycles. The lowest BCUT2D eigenvalue weighted by Gasteiger charge is -2.08. The summed E-state index contributed by atoms with van der Waals surface area (Å²) in [5.41, 5.74) is 1.91. The zero-order chi connectivity index (χ0) is 17.8. The van der Waals surface area contributed by atoms with Crippen LogP contribution in [0.25, 0.3) is 16.0 Å². The summed E-state index contributed by atoms with van der Waals surface area (Å²) in [5.74, 6) is 0.761. The van der Waals surface area contributed by atoms with Crippen molar-refractivity contribution in [1.29, 1.82) is 0 Å². The first-order valence-electron chi connectivity index (χ1n) is 8.07. The molecule has 0 aliphatic carbocycles. The molecule has 0 aliphatic rings. The minimum atomic E-state index is -0.231. The Hall–Kier alpha value is -3.26. The minimum absolute atomic E-state index is 0.231. The molecule has 0 bridgehead atoms. The zero-order valence-electron chi connectivity index (χ0n) is 13.8. The van der Waals surface area contributed by atoms with Crippen LogP contribution in [-0.4, -0.2) is 25.6 Å². The van der Waals surface area contributed by atoms with Crippen LogP contribution in [-0.2, 0) is 13.1 Å². The van der Waals surface area contributed by atoms with Crippen LogP contribution in [0.1, 0.15) is 10.6 Å². The number of urea groups is 1. The number of amides is 2. The van der Waals surface area contributed by atoms with Crippen LogP contribution in [0, 0.1) is 0 Å². The Bertz CT molecular complexity index is 994. The molecule has 4 rings (SSSR count). The summed E-state index contributed by atoms with van der Waals surface area (Å²) in [6.07, 6.45) is 6.92. The molecule has 0 spiro atoms. The van der Waals surface area contributed by atoms with E-state index < -0.39 is 0 Å². The number of carbonyl (C=O) groups excluding carboxylic acids is 1. The highest BCUT2D eigenvalue weighted by molar-refractivity contribution is 7.18. The Kier molecular flexibility index (Phi) is 4.57. The van der Waals surface area contributed by atoms with Gasteiger partial charge in [0.2, 0.25) is 0 Å². The number of hydrogen-bond donors (Lipinski definition) is 2. The maximum absolute atomic E-state index is 12.0. The molecule has 0 atom stereocenters. The number of aromatic nitrogens is 4. The molecule has 3 aromatic heterocycles. The van der Waals surface area contributed by atoms with Crippen molar-refractivity contribution >= 4 is 27.6 Å². The van der Waals surface area contributed by atoms with E-state index in [9.17, 15) is 4.79 Å². The topological polar surface area (TPSA) is 84.7 Å². The summed E-state index contributed by atoms with van der Waals surface area (Å²) < 4.78 is 2.94. The first kappa shape index (κ1) is 16.2. The smallest absolute Gasteiger partial charge is 0.315 e. The van der Waals surface area contributed by atoms with Crippen molar-refractivity contribution in [2.45, 2.75) is 13.1 Å². The predicted molar refractivity (Wildman–Crippen MR) is 100 cm³/mol. The van der Waals surface area contributed by atoms with Crippen LogP contribution in [0.5, 0.6) is 0 Å². The average molecular weight is 364 g/mol. The quantitative estimate of drug-likeness (QED) is 0.570. The monoisotopic (exact) mass is 364 g/mol. The molecule has 0 aliphatic heterocycles. The molecule has 0 saturated heterocycles. The number of para-hydroxylation sites is 1. The van der Waals surface area contributed by atoms with Crippen LogP contribution in [0.15, 0.2) is 61.3 Å². The summed E-state index contributed by atoms with van der Waals surface area (Å²) in [5, 5.41) is 6.57. The van der Waals surface area contributed by atoms with Crippen molar-refractivity contribution in [2.75, 3.05) is 0 Å². The summed E-state index contributed by atoms with van der Waals surface area (Å²) >= 11 is 1.58. The van der Waals surface area contributed by atoms with Gasteiger partial charge < -0.3 is 10.6 Å². The summed E-state index contributed by atoms with van der Waals surface area (Å²) in [7, 11) is 0. The molecule has 3 heterocycles. The highest BCUT2D eigenvalue weighted by atomic mass is 32.1. The van der Waals surface area contributed by atoms with Crippen molar-refractivity contribution in [3.05, 3.63) is 71.9 Å². The van der Waals surface area contributed by atoms with E-state index in [0.717, 1.165) is 26.6 Å². The van der Waals surface area contributed by atoms with Gasteiger partial charge in [-0.2, -0.15) is 0 Å². The van der Waals surface area contributed by atoms with Crippen molar-refractivity contribution in [3.8, 4) is 5.82 Å². The lowest BCUT2D eigenvalue weighted by Crippen LogP contribution is -2.34. The molecule has 0 fully saturated rings. The third kappa shape index (κ3) is 3.70. The maximum Gasteiger partial charge on any atom is 0.315 e. The van der Waals surface area contributed by atoms with Gasteiger partial charge in [0.1, 0.15) is 17.2 Å². The Morgan fingerprint density at radius 3 is 2.85 bits per heavy atom. The molecule has 26 heavy (non-hydrogen) atoms. The van der Waals surface area contributed by atoms with Gasteiger partial charge in [0.05, 0.1) is 16.8 Å². The molecule has 4 aromatic rings. The van der Waals surface area contributed by atoms with Crippen LogP contribution in [0.4, 0.5) is 4.79 Å². The second kappa shape index (κ2) is 7.32. The number of hydrogen-bond acceptors (Lipinski definition) is 5. The van der Waals surface area contributed by atoms with Gasteiger partial charge in [-0.25, -0.2) is 19.7 Å². The first-order chi connectivity index (χ1) is 12.8. The third-order valence-electron chi connectivity index (χ3n) is 3.77. The molecule has 1 aromatic carbocycles. The van der Waals surface area contributed by atoms with E-state index in [-0.39, 0.29) is 6.03 Å². The molecule has 0 radical (unpaired) electrons. The van der Waals surface area contributed by atoms with Crippen molar-refractivity contribution in [3.63, 3.8) is 0 Å². The highest BCUT2D eigenvalue weighted by Gasteiger charge is 2.06. The number of fused-ring (bicyclic) bond motifs is 1. The fourth-order valence-electron chi connectivity index (χ4n) is 2.50. The van der Waals surface area contributed by atoms with E-state index in [1.54, 1.807) is 30.1 Å². The maximum atomic E-state index is 12.0. The predicted octanol–water partition coefficient (Wildman–Crippen LogP) is 2.88. The Balaban J connectivity index is 1.32. The van der Waals surface area contributed by atoms with Crippen LogP contribution in [0.3, 0.4) is 0 Å². The Morgan fingerprint density at radius 2 is 2.00 bits per heavy atom. The van der Waals surface area contributed by atoms with Crippen LogP contribution < -0.4 is 10.6 Å². The fraction of sp³-hybridized carbons (Fsp3) is 0.111. The van der Waals surface area contributed by atoms with E-state index in [0.29, 0.717) is 13.1 Å². The van der Waals surface area contributed by atoms with Gasteiger partial charge >= 0.3 is 6.03 Å². The summed E-state index contributed by atoms with van der Waals surface area (Å²) in [4.78, 5) is 24.8. The molecular formula is C18H16N6OS. The SMILES string of the molecule is O=C(NCc1ccnc(-n2ccnc2)c1)NCc1nc2ccccc2s1. The Labute approximate surface area is 153 Å².